The molecule has 152 valence electrons. The van der Waals surface area contributed by atoms with E-state index in [1.54, 1.807) is 12.1 Å². The van der Waals surface area contributed by atoms with Gasteiger partial charge in [0, 0.05) is 43.0 Å². The molecule has 0 saturated heterocycles. The molecule has 1 heterocycles. The lowest BCUT2D eigenvalue weighted by atomic mass is 10.1. The first-order valence-corrected chi connectivity index (χ1v) is 9.39. The van der Waals surface area contributed by atoms with Crippen molar-refractivity contribution in [2.75, 3.05) is 19.7 Å². The molecule has 1 aromatic heterocycles. The fourth-order valence-corrected chi connectivity index (χ4v) is 3.22. The number of aromatic nitrogens is 1. The van der Waals surface area contributed by atoms with Gasteiger partial charge in [-0.1, -0.05) is 18.2 Å². The zero-order chi connectivity index (χ0) is 20.6. The summed E-state index contributed by atoms with van der Waals surface area (Å²) in [5.74, 6) is -1.17. The lowest BCUT2D eigenvalue weighted by Crippen LogP contribution is -2.28. The number of H-pyrrole nitrogens is 1. The fraction of sp³-hybridized carbons (Fsp3) is 0.227. The largest absolute Gasteiger partial charge is 0.395 e. The van der Waals surface area contributed by atoms with E-state index in [2.05, 4.69) is 28.1 Å². The van der Waals surface area contributed by atoms with Gasteiger partial charge in [0.2, 0.25) is 0 Å². The molecule has 0 bridgehead atoms. The van der Waals surface area contributed by atoms with Crippen LogP contribution in [0.3, 0.4) is 0 Å². The summed E-state index contributed by atoms with van der Waals surface area (Å²) in [7, 11) is 0. The molecule has 0 aliphatic heterocycles. The SMILES string of the molecule is O=C(/C=C/c1ccc(CN(CCO)CCc2ccc3[nH]ccc3c2)cc1F)NO. The Morgan fingerprint density at radius 2 is 1.97 bits per heavy atom. The van der Waals surface area contributed by atoms with Gasteiger partial charge in [-0.3, -0.25) is 14.9 Å². The van der Waals surface area contributed by atoms with Gasteiger partial charge in [-0.2, -0.15) is 0 Å². The van der Waals surface area contributed by atoms with Crippen LogP contribution in [0, 0.1) is 5.82 Å². The Labute approximate surface area is 168 Å². The van der Waals surface area contributed by atoms with Gasteiger partial charge >= 0.3 is 0 Å². The average Bonchev–Trinajstić information content (AvgIpc) is 3.19. The predicted octanol–water partition coefficient (Wildman–Crippen LogP) is 2.86. The molecule has 0 radical (unpaired) electrons. The Hall–Kier alpha value is -3.00. The van der Waals surface area contributed by atoms with Crippen molar-refractivity contribution < 1.29 is 19.5 Å². The Morgan fingerprint density at radius 3 is 2.72 bits per heavy atom. The number of amides is 1. The lowest BCUT2D eigenvalue weighted by Gasteiger charge is -2.21. The average molecular weight is 397 g/mol. The molecule has 6 nitrogen and oxygen atoms in total. The number of carbonyl (C=O) groups is 1. The summed E-state index contributed by atoms with van der Waals surface area (Å²) in [5.41, 5.74) is 4.80. The molecule has 0 atom stereocenters. The lowest BCUT2D eigenvalue weighted by molar-refractivity contribution is -0.124. The molecule has 1 amide bonds. The highest BCUT2D eigenvalue weighted by Gasteiger charge is 2.09. The first kappa shape index (κ1) is 20.7. The number of aliphatic hydroxyl groups is 1. The highest BCUT2D eigenvalue weighted by atomic mass is 19.1. The summed E-state index contributed by atoms with van der Waals surface area (Å²) in [6.45, 7) is 1.75. The number of fused-ring (bicyclic) bond motifs is 1. The second kappa shape index (κ2) is 9.97. The molecular weight excluding hydrogens is 373 g/mol. The number of nitrogens with one attached hydrogen (secondary N) is 2. The van der Waals surface area contributed by atoms with Crippen molar-refractivity contribution in [3.05, 3.63) is 77.2 Å². The van der Waals surface area contributed by atoms with Crippen molar-refractivity contribution in [3.63, 3.8) is 0 Å². The van der Waals surface area contributed by atoms with Crippen LogP contribution in [0.4, 0.5) is 4.39 Å². The van der Waals surface area contributed by atoms with Crippen LogP contribution < -0.4 is 5.48 Å². The maximum Gasteiger partial charge on any atom is 0.267 e. The van der Waals surface area contributed by atoms with Gasteiger partial charge in [-0.15, -0.1) is 0 Å². The second-order valence-corrected chi connectivity index (χ2v) is 6.81. The van der Waals surface area contributed by atoms with Crippen LogP contribution in [0.15, 0.2) is 54.7 Å². The van der Waals surface area contributed by atoms with Gasteiger partial charge in [0.25, 0.3) is 5.91 Å². The summed E-state index contributed by atoms with van der Waals surface area (Å²) in [6, 6.07) is 13.1. The number of hydrogen-bond acceptors (Lipinski definition) is 4. The smallest absolute Gasteiger partial charge is 0.267 e. The summed E-state index contributed by atoms with van der Waals surface area (Å²) >= 11 is 0. The highest BCUT2D eigenvalue weighted by Crippen LogP contribution is 2.17. The normalized spacial score (nSPS) is 11.6. The van der Waals surface area contributed by atoms with E-state index in [1.807, 2.05) is 12.3 Å². The zero-order valence-corrected chi connectivity index (χ0v) is 15.9. The molecule has 3 aromatic rings. The standard InChI is InChI=1S/C22H24FN3O3/c23-20-14-17(1-3-18(20)4-6-22(28)25-29)15-26(11-12-27)10-8-16-2-5-21-19(13-16)7-9-24-21/h1-7,9,13-14,24,27,29H,8,10-12,15H2,(H,25,28)/b6-4+. The summed E-state index contributed by atoms with van der Waals surface area (Å²) < 4.78 is 14.3. The number of rotatable bonds is 9. The quantitative estimate of drug-likeness (QED) is 0.254. The van der Waals surface area contributed by atoms with Gasteiger partial charge in [0.15, 0.2) is 0 Å². The van der Waals surface area contributed by atoms with E-state index in [4.69, 9.17) is 5.21 Å². The molecule has 3 rings (SSSR count). The Kier molecular flexibility index (Phi) is 7.13. The molecular formula is C22H24FN3O3. The number of benzene rings is 2. The number of aliphatic hydroxyl groups excluding tert-OH is 1. The maximum absolute atomic E-state index is 14.3. The van der Waals surface area contributed by atoms with Crippen molar-refractivity contribution >= 4 is 22.9 Å². The molecule has 0 unspecified atom stereocenters. The molecule has 0 fully saturated rings. The Balaban J connectivity index is 1.64. The zero-order valence-electron chi connectivity index (χ0n) is 15.9. The predicted molar refractivity (Wildman–Crippen MR) is 110 cm³/mol. The van der Waals surface area contributed by atoms with E-state index in [0.29, 0.717) is 13.1 Å². The number of hydroxylamine groups is 1. The molecule has 0 saturated carbocycles. The minimum Gasteiger partial charge on any atom is -0.395 e. The van der Waals surface area contributed by atoms with E-state index in [9.17, 15) is 14.3 Å². The summed E-state index contributed by atoms with van der Waals surface area (Å²) in [5, 5.41) is 19.0. The van der Waals surface area contributed by atoms with Crippen LogP contribution in [0.5, 0.6) is 0 Å². The van der Waals surface area contributed by atoms with Crippen LogP contribution in [0.1, 0.15) is 16.7 Å². The van der Waals surface area contributed by atoms with Crippen molar-refractivity contribution in [2.24, 2.45) is 0 Å². The molecule has 29 heavy (non-hydrogen) atoms. The minimum absolute atomic E-state index is 0.0242. The third-order valence-corrected chi connectivity index (χ3v) is 4.75. The van der Waals surface area contributed by atoms with Crippen LogP contribution in [0.25, 0.3) is 17.0 Å². The van der Waals surface area contributed by atoms with Crippen LogP contribution in [-0.4, -0.2) is 45.8 Å². The van der Waals surface area contributed by atoms with Crippen molar-refractivity contribution in [1.29, 1.82) is 0 Å². The van der Waals surface area contributed by atoms with Crippen LogP contribution in [-0.2, 0) is 17.8 Å². The van der Waals surface area contributed by atoms with E-state index in [0.717, 1.165) is 35.5 Å². The van der Waals surface area contributed by atoms with Crippen LogP contribution >= 0.6 is 0 Å². The Bertz CT molecular complexity index is 1000. The van der Waals surface area contributed by atoms with Gasteiger partial charge < -0.3 is 10.1 Å². The monoisotopic (exact) mass is 397 g/mol. The number of hydrogen-bond donors (Lipinski definition) is 4. The third-order valence-electron chi connectivity index (χ3n) is 4.75. The molecule has 2 aromatic carbocycles. The first-order chi connectivity index (χ1) is 14.1. The van der Waals surface area contributed by atoms with E-state index in [1.165, 1.54) is 23.2 Å². The van der Waals surface area contributed by atoms with E-state index < -0.39 is 11.7 Å². The minimum atomic E-state index is -0.722. The number of aromatic amines is 1. The Morgan fingerprint density at radius 1 is 1.14 bits per heavy atom. The van der Waals surface area contributed by atoms with Crippen LogP contribution in [0.2, 0.25) is 0 Å². The molecule has 4 N–H and O–H groups in total. The van der Waals surface area contributed by atoms with Crippen molar-refractivity contribution in [2.45, 2.75) is 13.0 Å². The third kappa shape index (κ3) is 5.74. The topological polar surface area (TPSA) is 88.6 Å². The van der Waals surface area contributed by atoms with Gasteiger partial charge in [-0.25, -0.2) is 9.87 Å². The highest BCUT2D eigenvalue weighted by molar-refractivity contribution is 5.90. The fourth-order valence-electron chi connectivity index (χ4n) is 3.22. The van der Waals surface area contributed by atoms with E-state index in [-0.39, 0.29) is 12.2 Å². The first-order valence-electron chi connectivity index (χ1n) is 9.39. The molecule has 0 aliphatic carbocycles. The molecule has 7 heteroatoms. The van der Waals surface area contributed by atoms with Gasteiger partial charge in [-0.05, 0) is 53.3 Å². The molecule has 0 aliphatic rings. The van der Waals surface area contributed by atoms with E-state index >= 15 is 0 Å². The van der Waals surface area contributed by atoms with Crippen molar-refractivity contribution in [1.82, 2.24) is 15.4 Å². The second-order valence-electron chi connectivity index (χ2n) is 6.81. The maximum atomic E-state index is 14.3. The summed E-state index contributed by atoms with van der Waals surface area (Å²) in [6.07, 6.45) is 5.08. The summed E-state index contributed by atoms with van der Waals surface area (Å²) in [4.78, 5) is 16.3. The van der Waals surface area contributed by atoms with Crippen molar-refractivity contribution in [3.8, 4) is 0 Å². The number of carbonyl (C=O) groups excluding carboxylic acids is 1. The number of halogens is 1. The van der Waals surface area contributed by atoms with Gasteiger partial charge in [0.1, 0.15) is 5.82 Å². The van der Waals surface area contributed by atoms with Gasteiger partial charge in [0.05, 0.1) is 6.61 Å². The molecule has 0 spiro atoms. The number of nitrogens with zero attached hydrogens (tertiary/aromatic N) is 1.